The van der Waals surface area contributed by atoms with Crippen LogP contribution in [0.4, 0.5) is 0 Å². The van der Waals surface area contributed by atoms with Gasteiger partial charge in [0, 0.05) is 0 Å². The molecule has 2 rings (SSSR count). The van der Waals surface area contributed by atoms with Crippen molar-refractivity contribution in [3.05, 3.63) is 0 Å². The zero-order valence-corrected chi connectivity index (χ0v) is 8.35. The number of aldehydes is 1. The monoisotopic (exact) mass is 199 g/mol. The summed E-state index contributed by atoms with van der Waals surface area (Å²) in [5.41, 5.74) is 0. The van der Waals surface area contributed by atoms with E-state index in [0.717, 1.165) is 32.2 Å². The van der Waals surface area contributed by atoms with Crippen molar-refractivity contribution < 1.29 is 14.3 Å². The van der Waals surface area contributed by atoms with Gasteiger partial charge >= 0.3 is 0 Å². The molecule has 0 bridgehead atoms. The molecule has 1 unspecified atom stereocenters. The molecule has 2 aliphatic heterocycles. The SMILES string of the molecule is O=CC1CCCCN1CC1OCCO1. The smallest absolute Gasteiger partial charge is 0.170 e. The Morgan fingerprint density at radius 2 is 2.07 bits per heavy atom. The number of hydrogen-bond donors (Lipinski definition) is 0. The molecule has 0 spiro atoms. The predicted molar refractivity (Wildman–Crippen MR) is 51.0 cm³/mol. The van der Waals surface area contributed by atoms with Gasteiger partial charge in [-0.2, -0.15) is 0 Å². The second kappa shape index (κ2) is 4.87. The highest BCUT2D eigenvalue weighted by molar-refractivity contribution is 5.57. The normalized spacial score (nSPS) is 30.7. The van der Waals surface area contributed by atoms with Gasteiger partial charge in [0.2, 0.25) is 0 Å². The molecule has 0 aromatic carbocycles. The Kier molecular flexibility index (Phi) is 3.50. The summed E-state index contributed by atoms with van der Waals surface area (Å²) < 4.78 is 10.7. The molecule has 1 atom stereocenters. The zero-order chi connectivity index (χ0) is 9.80. The van der Waals surface area contributed by atoms with Gasteiger partial charge in [0.25, 0.3) is 0 Å². The van der Waals surface area contributed by atoms with Crippen LogP contribution in [0.3, 0.4) is 0 Å². The van der Waals surface area contributed by atoms with Crippen LogP contribution in [-0.2, 0) is 14.3 Å². The van der Waals surface area contributed by atoms with Crippen molar-refractivity contribution in [3.8, 4) is 0 Å². The van der Waals surface area contributed by atoms with E-state index in [1.165, 1.54) is 6.42 Å². The number of piperidine rings is 1. The number of rotatable bonds is 3. The second-order valence-electron chi connectivity index (χ2n) is 3.87. The van der Waals surface area contributed by atoms with E-state index < -0.39 is 0 Å². The van der Waals surface area contributed by atoms with Crippen LogP contribution in [0.1, 0.15) is 19.3 Å². The van der Waals surface area contributed by atoms with Gasteiger partial charge < -0.3 is 14.3 Å². The second-order valence-corrected chi connectivity index (χ2v) is 3.87. The number of carbonyl (C=O) groups excluding carboxylic acids is 1. The minimum Gasteiger partial charge on any atom is -0.349 e. The molecule has 0 N–H and O–H groups in total. The Morgan fingerprint density at radius 3 is 2.79 bits per heavy atom. The molecule has 0 radical (unpaired) electrons. The lowest BCUT2D eigenvalue weighted by atomic mass is 10.0. The summed E-state index contributed by atoms with van der Waals surface area (Å²) in [4.78, 5) is 13.0. The maximum Gasteiger partial charge on any atom is 0.170 e. The van der Waals surface area contributed by atoms with Crippen molar-refractivity contribution in [1.82, 2.24) is 4.90 Å². The lowest BCUT2D eigenvalue weighted by Gasteiger charge is -2.33. The molecular weight excluding hydrogens is 182 g/mol. The minimum absolute atomic E-state index is 0.0801. The van der Waals surface area contributed by atoms with Crippen molar-refractivity contribution in [1.29, 1.82) is 0 Å². The number of likely N-dealkylation sites (tertiary alicyclic amines) is 1. The van der Waals surface area contributed by atoms with E-state index in [9.17, 15) is 4.79 Å². The summed E-state index contributed by atoms with van der Waals surface area (Å²) in [6.07, 6.45) is 4.25. The minimum atomic E-state index is -0.115. The van der Waals surface area contributed by atoms with E-state index in [1.807, 2.05) is 0 Å². The molecule has 2 heterocycles. The number of nitrogens with zero attached hydrogens (tertiary/aromatic N) is 1. The highest BCUT2D eigenvalue weighted by atomic mass is 16.7. The average Bonchev–Trinajstić information content (AvgIpc) is 2.71. The van der Waals surface area contributed by atoms with Crippen molar-refractivity contribution in [2.24, 2.45) is 0 Å². The summed E-state index contributed by atoms with van der Waals surface area (Å²) in [5, 5.41) is 0. The standard InChI is InChI=1S/C10H17NO3/c12-8-9-3-1-2-4-11(9)7-10-13-5-6-14-10/h8-10H,1-7H2. The highest BCUT2D eigenvalue weighted by Gasteiger charge is 2.26. The van der Waals surface area contributed by atoms with Crippen LogP contribution in [0.15, 0.2) is 0 Å². The summed E-state index contributed by atoms with van der Waals surface area (Å²) >= 11 is 0. The van der Waals surface area contributed by atoms with E-state index in [1.54, 1.807) is 0 Å². The fourth-order valence-corrected chi connectivity index (χ4v) is 2.10. The molecule has 4 heteroatoms. The van der Waals surface area contributed by atoms with E-state index in [2.05, 4.69) is 4.90 Å². The summed E-state index contributed by atoms with van der Waals surface area (Å²) in [6, 6.07) is 0.0801. The maximum absolute atomic E-state index is 10.8. The Hall–Kier alpha value is -0.450. The number of carbonyl (C=O) groups is 1. The summed E-state index contributed by atoms with van der Waals surface area (Å²) in [6.45, 7) is 3.10. The van der Waals surface area contributed by atoms with Gasteiger partial charge in [-0.15, -0.1) is 0 Å². The molecule has 2 saturated heterocycles. The van der Waals surface area contributed by atoms with Gasteiger partial charge in [-0.1, -0.05) is 6.42 Å². The van der Waals surface area contributed by atoms with E-state index >= 15 is 0 Å². The molecule has 0 aliphatic carbocycles. The first-order valence-electron chi connectivity index (χ1n) is 5.32. The third-order valence-corrected chi connectivity index (χ3v) is 2.90. The number of ether oxygens (including phenoxy) is 2. The molecule has 4 nitrogen and oxygen atoms in total. The van der Waals surface area contributed by atoms with Crippen LogP contribution < -0.4 is 0 Å². The van der Waals surface area contributed by atoms with Crippen molar-refractivity contribution in [3.63, 3.8) is 0 Å². The fraction of sp³-hybridized carbons (Fsp3) is 0.900. The van der Waals surface area contributed by atoms with Crippen LogP contribution >= 0.6 is 0 Å². The van der Waals surface area contributed by atoms with Crippen LogP contribution in [-0.4, -0.2) is 49.8 Å². The molecule has 80 valence electrons. The molecule has 0 aromatic rings. The van der Waals surface area contributed by atoms with Gasteiger partial charge in [-0.05, 0) is 19.4 Å². The topological polar surface area (TPSA) is 38.8 Å². The van der Waals surface area contributed by atoms with Gasteiger partial charge in [-0.3, -0.25) is 4.90 Å². The Labute approximate surface area is 84.2 Å². The van der Waals surface area contributed by atoms with E-state index in [4.69, 9.17) is 9.47 Å². The van der Waals surface area contributed by atoms with Gasteiger partial charge in [-0.25, -0.2) is 0 Å². The Morgan fingerprint density at radius 1 is 1.29 bits per heavy atom. The Balaban J connectivity index is 1.83. The van der Waals surface area contributed by atoms with Crippen molar-refractivity contribution >= 4 is 6.29 Å². The first-order chi connectivity index (χ1) is 6.90. The lowest BCUT2D eigenvalue weighted by Crippen LogP contribution is -2.44. The van der Waals surface area contributed by atoms with E-state index in [0.29, 0.717) is 13.2 Å². The largest absolute Gasteiger partial charge is 0.349 e. The van der Waals surface area contributed by atoms with Crippen molar-refractivity contribution in [2.45, 2.75) is 31.6 Å². The average molecular weight is 199 g/mol. The van der Waals surface area contributed by atoms with Crippen LogP contribution in [0.2, 0.25) is 0 Å². The molecular formula is C10H17NO3. The predicted octanol–water partition coefficient (Wildman–Crippen LogP) is 0.413. The van der Waals surface area contributed by atoms with Gasteiger partial charge in [0.05, 0.1) is 25.8 Å². The first-order valence-corrected chi connectivity index (χ1v) is 5.32. The Bertz CT molecular complexity index is 192. The third-order valence-electron chi connectivity index (χ3n) is 2.90. The maximum atomic E-state index is 10.8. The van der Waals surface area contributed by atoms with Crippen LogP contribution in [0, 0.1) is 0 Å². The molecule has 0 saturated carbocycles. The highest BCUT2D eigenvalue weighted by Crippen LogP contribution is 2.17. The van der Waals surface area contributed by atoms with Gasteiger partial charge in [0.1, 0.15) is 6.29 Å². The number of hydrogen-bond acceptors (Lipinski definition) is 4. The zero-order valence-electron chi connectivity index (χ0n) is 8.35. The third kappa shape index (κ3) is 2.32. The lowest BCUT2D eigenvalue weighted by molar-refractivity contribution is -0.117. The van der Waals surface area contributed by atoms with Gasteiger partial charge in [0.15, 0.2) is 6.29 Å². The molecule has 2 aliphatic rings. The van der Waals surface area contributed by atoms with Crippen LogP contribution in [0.5, 0.6) is 0 Å². The molecule has 0 aromatic heterocycles. The quantitative estimate of drug-likeness (QED) is 0.617. The van der Waals surface area contributed by atoms with E-state index in [-0.39, 0.29) is 12.3 Å². The van der Waals surface area contributed by atoms with Crippen LogP contribution in [0.25, 0.3) is 0 Å². The summed E-state index contributed by atoms with van der Waals surface area (Å²) in [7, 11) is 0. The first kappa shape index (κ1) is 10.1. The molecule has 14 heavy (non-hydrogen) atoms. The molecule has 2 fully saturated rings. The fourth-order valence-electron chi connectivity index (χ4n) is 2.10. The van der Waals surface area contributed by atoms with Crippen molar-refractivity contribution in [2.75, 3.05) is 26.3 Å². The summed E-state index contributed by atoms with van der Waals surface area (Å²) in [5.74, 6) is 0. The molecule has 0 amide bonds.